The van der Waals surface area contributed by atoms with Gasteiger partial charge in [0.1, 0.15) is 0 Å². The number of carbonyl (C=O) groups is 2. The summed E-state index contributed by atoms with van der Waals surface area (Å²) >= 11 is 7.29. The zero-order chi connectivity index (χ0) is 22.2. The van der Waals surface area contributed by atoms with E-state index >= 15 is 0 Å². The fourth-order valence-corrected chi connectivity index (χ4v) is 4.09. The Bertz CT molecular complexity index is 1150. The Morgan fingerprint density at radius 1 is 1.06 bits per heavy atom. The maximum Gasteiger partial charge on any atom is 0.262 e. The quantitative estimate of drug-likeness (QED) is 0.273. The van der Waals surface area contributed by atoms with E-state index in [0.29, 0.717) is 52.6 Å². The molecule has 0 saturated carbocycles. The number of nitrogens with zero attached hydrogens (tertiary/aromatic N) is 2. The molecule has 3 N–H and O–H groups in total. The summed E-state index contributed by atoms with van der Waals surface area (Å²) in [4.78, 5) is 40.9. The molecule has 2 amide bonds. The SMILES string of the molecule is NC(=O)CCCCCn1c(SCC(=O)Nc2ccccc2Cl)nc2ccccc2c1=O. The van der Waals surface area contributed by atoms with Crippen LogP contribution < -0.4 is 16.6 Å². The Hall–Kier alpha value is -2.84. The molecule has 7 nitrogen and oxygen atoms in total. The fourth-order valence-electron chi connectivity index (χ4n) is 3.08. The summed E-state index contributed by atoms with van der Waals surface area (Å²) in [5.41, 5.74) is 6.16. The van der Waals surface area contributed by atoms with E-state index in [1.165, 1.54) is 11.8 Å². The van der Waals surface area contributed by atoms with Crippen LogP contribution in [0.3, 0.4) is 0 Å². The molecule has 0 saturated heterocycles. The lowest BCUT2D eigenvalue weighted by Gasteiger charge is -2.13. The van der Waals surface area contributed by atoms with E-state index in [1.807, 2.05) is 6.07 Å². The molecule has 0 aliphatic carbocycles. The van der Waals surface area contributed by atoms with Crippen molar-refractivity contribution in [3.63, 3.8) is 0 Å². The van der Waals surface area contributed by atoms with Crippen LogP contribution in [0.4, 0.5) is 5.69 Å². The fraction of sp³-hybridized carbons (Fsp3) is 0.273. The van der Waals surface area contributed by atoms with Crippen LogP contribution in [0.15, 0.2) is 58.5 Å². The molecule has 0 radical (unpaired) electrons. The second-order valence-corrected chi connectivity index (χ2v) is 8.31. The van der Waals surface area contributed by atoms with E-state index in [4.69, 9.17) is 17.3 Å². The van der Waals surface area contributed by atoms with Crippen LogP contribution >= 0.6 is 23.4 Å². The lowest BCUT2D eigenvalue weighted by molar-refractivity contribution is -0.118. The van der Waals surface area contributed by atoms with E-state index in [9.17, 15) is 14.4 Å². The van der Waals surface area contributed by atoms with Gasteiger partial charge in [0.25, 0.3) is 5.56 Å². The van der Waals surface area contributed by atoms with Gasteiger partial charge >= 0.3 is 0 Å². The van der Waals surface area contributed by atoms with Gasteiger partial charge in [-0.25, -0.2) is 4.98 Å². The Balaban J connectivity index is 1.74. The standard InChI is InChI=1S/C22H23ClN4O3S/c23-16-9-4-6-11-18(16)25-20(29)14-31-22-26-17-10-5-3-8-15(17)21(30)27(22)13-7-1-2-12-19(24)28/h3-6,8-11H,1-2,7,12-14H2,(H2,24,28)(H,25,29). The Labute approximate surface area is 189 Å². The van der Waals surface area contributed by atoms with Gasteiger partial charge in [-0.3, -0.25) is 19.0 Å². The van der Waals surface area contributed by atoms with E-state index in [0.717, 1.165) is 6.42 Å². The summed E-state index contributed by atoms with van der Waals surface area (Å²) in [7, 11) is 0. The van der Waals surface area contributed by atoms with Gasteiger partial charge in [-0.15, -0.1) is 0 Å². The minimum absolute atomic E-state index is 0.0810. The normalized spacial score (nSPS) is 10.9. The molecule has 3 rings (SSSR count). The van der Waals surface area contributed by atoms with Crippen LogP contribution in [-0.4, -0.2) is 27.1 Å². The number of thioether (sulfide) groups is 1. The molecule has 0 unspecified atom stereocenters. The molecule has 2 aromatic carbocycles. The molecule has 1 heterocycles. The summed E-state index contributed by atoms with van der Waals surface area (Å²) in [5.74, 6) is -0.489. The predicted molar refractivity (Wildman–Crippen MR) is 124 cm³/mol. The highest BCUT2D eigenvalue weighted by molar-refractivity contribution is 7.99. The average molecular weight is 459 g/mol. The number of rotatable bonds is 10. The van der Waals surface area contributed by atoms with E-state index in [2.05, 4.69) is 10.3 Å². The minimum atomic E-state index is -0.328. The molecule has 0 aliphatic heterocycles. The number of para-hydroxylation sites is 2. The minimum Gasteiger partial charge on any atom is -0.370 e. The molecule has 0 spiro atoms. The van der Waals surface area contributed by atoms with Gasteiger partial charge in [-0.2, -0.15) is 0 Å². The molecular weight excluding hydrogens is 436 g/mol. The maximum atomic E-state index is 13.0. The Morgan fingerprint density at radius 2 is 1.81 bits per heavy atom. The van der Waals surface area contributed by atoms with Crippen molar-refractivity contribution in [1.29, 1.82) is 0 Å². The van der Waals surface area contributed by atoms with Crippen LogP contribution in [0.1, 0.15) is 25.7 Å². The number of halogens is 1. The second-order valence-electron chi connectivity index (χ2n) is 6.96. The van der Waals surface area contributed by atoms with Gasteiger partial charge in [0.15, 0.2) is 5.16 Å². The van der Waals surface area contributed by atoms with E-state index < -0.39 is 0 Å². The smallest absolute Gasteiger partial charge is 0.262 e. The summed E-state index contributed by atoms with van der Waals surface area (Å²) in [5, 5.41) is 4.24. The van der Waals surface area contributed by atoms with Crippen LogP contribution in [0.2, 0.25) is 5.02 Å². The molecule has 3 aromatic rings. The van der Waals surface area contributed by atoms with Crippen molar-refractivity contribution in [1.82, 2.24) is 9.55 Å². The molecule has 162 valence electrons. The summed E-state index contributed by atoms with van der Waals surface area (Å²) in [6, 6.07) is 14.1. The van der Waals surface area contributed by atoms with Gasteiger partial charge in [0, 0.05) is 13.0 Å². The molecular formula is C22H23ClN4O3S. The maximum absolute atomic E-state index is 13.0. The highest BCUT2D eigenvalue weighted by Crippen LogP contribution is 2.22. The zero-order valence-corrected chi connectivity index (χ0v) is 18.4. The number of primary amides is 1. The number of benzene rings is 2. The van der Waals surface area contributed by atoms with Crippen molar-refractivity contribution >= 4 is 51.8 Å². The van der Waals surface area contributed by atoms with Gasteiger partial charge in [0.05, 0.1) is 27.4 Å². The van der Waals surface area contributed by atoms with Crippen molar-refractivity contribution in [3.05, 3.63) is 63.9 Å². The third kappa shape index (κ3) is 6.32. The van der Waals surface area contributed by atoms with E-state index in [-0.39, 0.29) is 23.1 Å². The van der Waals surface area contributed by atoms with Crippen molar-refractivity contribution in [2.45, 2.75) is 37.4 Å². The second kappa shape index (κ2) is 11.0. The number of fused-ring (bicyclic) bond motifs is 1. The van der Waals surface area contributed by atoms with Crippen LogP contribution in [0, 0.1) is 0 Å². The van der Waals surface area contributed by atoms with Crippen molar-refractivity contribution in [3.8, 4) is 0 Å². The van der Waals surface area contributed by atoms with Gasteiger partial charge < -0.3 is 11.1 Å². The first kappa shape index (κ1) is 22.8. The number of carbonyl (C=O) groups excluding carboxylic acids is 2. The topological polar surface area (TPSA) is 107 Å². The van der Waals surface area contributed by atoms with Crippen molar-refractivity contribution in [2.24, 2.45) is 5.73 Å². The van der Waals surface area contributed by atoms with Crippen LogP contribution in [0.5, 0.6) is 0 Å². The number of unbranched alkanes of at least 4 members (excludes halogenated alkanes) is 2. The van der Waals surface area contributed by atoms with Crippen LogP contribution in [-0.2, 0) is 16.1 Å². The van der Waals surface area contributed by atoms with Gasteiger partial charge in [-0.05, 0) is 37.1 Å². The first-order chi connectivity index (χ1) is 15.0. The third-order valence-corrected chi connectivity index (χ3v) is 5.92. The molecule has 31 heavy (non-hydrogen) atoms. The first-order valence-corrected chi connectivity index (χ1v) is 11.3. The monoisotopic (exact) mass is 458 g/mol. The Kier molecular flexibility index (Phi) is 8.08. The molecule has 0 fully saturated rings. The van der Waals surface area contributed by atoms with Crippen LogP contribution in [0.25, 0.3) is 10.9 Å². The summed E-state index contributed by atoms with van der Waals surface area (Å²) < 4.78 is 1.60. The van der Waals surface area contributed by atoms with E-state index in [1.54, 1.807) is 47.0 Å². The number of anilines is 1. The number of aromatic nitrogens is 2. The molecule has 9 heteroatoms. The number of nitrogens with two attached hydrogens (primary N) is 1. The number of amides is 2. The largest absolute Gasteiger partial charge is 0.370 e. The van der Waals surface area contributed by atoms with Crippen molar-refractivity contribution in [2.75, 3.05) is 11.1 Å². The number of hydrogen-bond donors (Lipinski definition) is 2. The lowest BCUT2D eigenvalue weighted by atomic mass is 10.2. The third-order valence-electron chi connectivity index (χ3n) is 4.61. The first-order valence-electron chi connectivity index (χ1n) is 9.91. The number of nitrogens with one attached hydrogen (secondary N) is 1. The average Bonchev–Trinajstić information content (AvgIpc) is 2.75. The molecule has 0 bridgehead atoms. The highest BCUT2D eigenvalue weighted by atomic mass is 35.5. The number of hydrogen-bond acceptors (Lipinski definition) is 5. The molecule has 0 atom stereocenters. The van der Waals surface area contributed by atoms with Gasteiger partial charge in [0.2, 0.25) is 11.8 Å². The highest BCUT2D eigenvalue weighted by Gasteiger charge is 2.14. The summed E-state index contributed by atoms with van der Waals surface area (Å²) in [6.07, 6.45) is 2.47. The lowest BCUT2D eigenvalue weighted by Crippen LogP contribution is -2.24. The zero-order valence-electron chi connectivity index (χ0n) is 16.8. The molecule has 1 aromatic heterocycles. The van der Waals surface area contributed by atoms with Crippen molar-refractivity contribution < 1.29 is 9.59 Å². The Morgan fingerprint density at radius 3 is 2.58 bits per heavy atom. The predicted octanol–water partition coefficient (Wildman–Crippen LogP) is 3.83. The summed E-state index contributed by atoms with van der Waals surface area (Å²) in [6.45, 7) is 0.448. The molecule has 0 aliphatic rings. The van der Waals surface area contributed by atoms with Gasteiger partial charge in [-0.1, -0.05) is 54.0 Å².